The third-order valence-corrected chi connectivity index (χ3v) is 3.03. The summed E-state index contributed by atoms with van der Waals surface area (Å²) in [5.41, 5.74) is 1.02. The van der Waals surface area contributed by atoms with Crippen molar-refractivity contribution in [1.29, 1.82) is 0 Å². The van der Waals surface area contributed by atoms with E-state index in [0.29, 0.717) is 5.01 Å². The number of thiazole rings is 1. The zero-order valence-corrected chi connectivity index (χ0v) is 10.2. The van der Waals surface area contributed by atoms with Gasteiger partial charge in [0.2, 0.25) is 0 Å². The van der Waals surface area contributed by atoms with E-state index in [4.69, 9.17) is 4.74 Å². The highest BCUT2D eigenvalue weighted by Crippen LogP contribution is 2.24. The molecule has 0 atom stereocenters. The molecule has 1 aromatic heterocycles. The van der Waals surface area contributed by atoms with Gasteiger partial charge in [0.25, 0.3) is 0 Å². The average molecular weight is 263 g/mol. The molecule has 92 valence electrons. The predicted molar refractivity (Wildman–Crippen MR) is 68.0 cm³/mol. The molecule has 0 spiro atoms. The zero-order chi connectivity index (χ0) is 13.0. The molecule has 0 bridgehead atoms. The van der Waals surface area contributed by atoms with Crippen molar-refractivity contribution in [2.75, 3.05) is 6.61 Å². The molecule has 1 aromatic carbocycles. The van der Waals surface area contributed by atoms with Crippen molar-refractivity contribution in [2.24, 2.45) is 0 Å². The van der Waals surface area contributed by atoms with Gasteiger partial charge in [-0.05, 0) is 24.3 Å². The number of hydrogen-bond acceptors (Lipinski definition) is 4. The van der Waals surface area contributed by atoms with E-state index >= 15 is 0 Å². The third-order valence-electron chi connectivity index (χ3n) is 2.14. The van der Waals surface area contributed by atoms with Gasteiger partial charge in [0.05, 0.1) is 0 Å². The lowest BCUT2D eigenvalue weighted by molar-refractivity contribution is 0.0544. The molecule has 5 heteroatoms. The normalized spacial score (nSPS) is 10.1. The van der Waals surface area contributed by atoms with Gasteiger partial charge in [-0.3, -0.25) is 0 Å². The lowest BCUT2D eigenvalue weighted by Gasteiger charge is -1.97. The van der Waals surface area contributed by atoms with E-state index in [9.17, 15) is 9.18 Å². The quantitative estimate of drug-likeness (QED) is 0.627. The van der Waals surface area contributed by atoms with Crippen molar-refractivity contribution in [3.8, 4) is 10.6 Å². The number of rotatable bonds is 4. The Kier molecular flexibility index (Phi) is 3.84. The van der Waals surface area contributed by atoms with Crippen LogP contribution in [0.4, 0.5) is 4.39 Å². The molecule has 0 saturated carbocycles. The molecule has 0 amide bonds. The molecular weight excluding hydrogens is 253 g/mol. The molecule has 0 fully saturated rings. The van der Waals surface area contributed by atoms with Gasteiger partial charge < -0.3 is 4.74 Å². The van der Waals surface area contributed by atoms with Crippen LogP contribution in [0.25, 0.3) is 10.6 Å². The summed E-state index contributed by atoms with van der Waals surface area (Å²) < 4.78 is 17.6. The molecule has 0 unspecified atom stereocenters. The minimum atomic E-state index is -0.487. The standard InChI is InChI=1S/C13H10FNO2S/c1-2-7-17-13(16)11-8-18-12(15-11)9-3-5-10(14)6-4-9/h2-6,8H,1,7H2. The third kappa shape index (κ3) is 2.81. The van der Waals surface area contributed by atoms with Crippen LogP contribution in [-0.2, 0) is 4.74 Å². The van der Waals surface area contributed by atoms with Crippen LogP contribution in [0.2, 0.25) is 0 Å². The van der Waals surface area contributed by atoms with Gasteiger partial charge in [0.15, 0.2) is 5.69 Å². The molecule has 2 rings (SSSR count). The Morgan fingerprint density at radius 1 is 1.44 bits per heavy atom. The number of ether oxygens (including phenoxy) is 1. The maximum absolute atomic E-state index is 12.8. The summed E-state index contributed by atoms with van der Waals surface area (Å²) in [6.07, 6.45) is 1.49. The molecule has 0 aliphatic heterocycles. The number of nitrogens with zero attached hydrogens (tertiary/aromatic N) is 1. The van der Waals surface area contributed by atoms with E-state index in [1.807, 2.05) is 0 Å². The van der Waals surface area contributed by atoms with Crippen LogP contribution in [0.1, 0.15) is 10.5 Å². The Bertz CT molecular complexity index is 563. The van der Waals surface area contributed by atoms with Gasteiger partial charge >= 0.3 is 5.97 Å². The van der Waals surface area contributed by atoms with Gasteiger partial charge in [-0.1, -0.05) is 12.7 Å². The lowest BCUT2D eigenvalue weighted by atomic mass is 10.2. The fraction of sp³-hybridized carbons (Fsp3) is 0.0769. The van der Waals surface area contributed by atoms with E-state index in [-0.39, 0.29) is 18.1 Å². The number of benzene rings is 1. The Hall–Kier alpha value is -2.01. The summed E-state index contributed by atoms with van der Waals surface area (Å²) in [6, 6.07) is 5.94. The Morgan fingerprint density at radius 3 is 2.83 bits per heavy atom. The first kappa shape index (κ1) is 12.4. The highest BCUT2D eigenvalue weighted by atomic mass is 32.1. The van der Waals surface area contributed by atoms with Crippen molar-refractivity contribution in [3.63, 3.8) is 0 Å². The topological polar surface area (TPSA) is 39.2 Å². The average Bonchev–Trinajstić information content (AvgIpc) is 2.86. The van der Waals surface area contributed by atoms with Crippen LogP contribution >= 0.6 is 11.3 Å². The number of esters is 1. The molecule has 0 radical (unpaired) electrons. The second-order valence-corrected chi connectivity index (χ2v) is 4.29. The first-order valence-corrected chi connectivity index (χ1v) is 6.08. The van der Waals surface area contributed by atoms with Gasteiger partial charge in [0, 0.05) is 10.9 Å². The minimum absolute atomic E-state index is 0.155. The Morgan fingerprint density at radius 2 is 2.17 bits per heavy atom. The largest absolute Gasteiger partial charge is 0.457 e. The summed E-state index contributed by atoms with van der Waals surface area (Å²) in [6.45, 7) is 3.61. The number of carbonyl (C=O) groups is 1. The van der Waals surface area contributed by atoms with E-state index < -0.39 is 5.97 Å². The van der Waals surface area contributed by atoms with E-state index in [0.717, 1.165) is 5.56 Å². The molecule has 3 nitrogen and oxygen atoms in total. The van der Waals surface area contributed by atoms with Gasteiger partial charge in [0.1, 0.15) is 17.4 Å². The van der Waals surface area contributed by atoms with Crippen LogP contribution in [-0.4, -0.2) is 17.6 Å². The summed E-state index contributed by atoms with van der Waals surface area (Å²) >= 11 is 1.31. The van der Waals surface area contributed by atoms with Gasteiger partial charge in [-0.15, -0.1) is 11.3 Å². The van der Waals surface area contributed by atoms with E-state index in [1.165, 1.54) is 29.5 Å². The number of hydrogen-bond donors (Lipinski definition) is 0. The molecule has 0 aliphatic carbocycles. The van der Waals surface area contributed by atoms with Crippen molar-refractivity contribution in [1.82, 2.24) is 4.98 Å². The van der Waals surface area contributed by atoms with Crippen molar-refractivity contribution < 1.29 is 13.9 Å². The SMILES string of the molecule is C=CCOC(=O)c1csc(-c2ccc(F)cc2)n1. The second-order valence-electron chi connectivity index (χ2n) is 3.43. The molecule has 1 heterocycles. The molecule has 18 heavy (non-hydrogen) atoms. The van der Waals surface area contributed by atoms with E-state index in [2.05, 4.69) is 11.6 Å². The monoisotopic (exact) mass is 263 g/mol. The first-order valence-electron chi connectivity index (χ1n) is 5.20. The summed E-state index contributed by atoms with van der Waals surface area (Å²) in [4.78, 5) is 15.7. The fourth-order valence-corrected chi connectivity index (χ4v) is 2.10. The number of carbonyl (C=O) groups excluding carboxylic acids is 1. The number of halogens is 1. The van der Waals surface area contributed by atoms with Crippen LogP contribution in [0.3, 0.4) is 0 Å². The summed E-state index contributed by atoms with van der Waals surface area (Å²) in [7, 11) is 0. The number of aromatic nitrogens is 1. The summed E-state index contributed by atoms with van der Waals surface area (Å²) in [5, 5.41) is 2.27. The highest BCUT2D eigenvalue weighted by molar-refractivity contribution is 7.13. The smallest absolute Gasteiger partial charge is 0.358 e. The molecule has 0 aliphatic rings. The molecular formula is C13H10FNO2S. The first-order chi connectivity index (χ1) is 8.70. The van der Waals surface area contributed by atoms with Crippen LogP contribution in [0.5, 0.6) is 0 Å². The van der Waals surface area contributed by atoms with Gasteiger partial charge in [-0.25, -0.2) is 14.2 Å². The lowest BCUT2D eigenvalue weighted by Crippen LogP contribution is -2.05. The molecule has 0 N–H and O–H groups in total. The maximum atomic E-state index is 12.8. The van der Waals surface area contributed by atoms with Crippen molar-refractivity contribution in [3.05, 3.63) is 53.8 Å². The molecule has 2 aromatic rings. The van der Waals surface area contributed by atoms with Crippen LogP contribution in [0.15, 0.2) is 42.3 Å². The second kappa shape index (κ2) is 5.55. The minimum Gasteiger partial charge on any atom is -0.457 e. The predicted octanol–water partition coefficient (Wildman–Crippen LogP) is 3.29. The van der Waals surface area contributed by atoms with E-state index in [1.54, 1.807) is 17.5 Å². The Labute approximate surface area is 108 Å². The van der Waals surface area contributed by atoms with Gasteiger partial charge in [-0.2, -0.15) is 0 Å². The van der Waals surface area contributed by atoms with Crippen LogP contribution < -0.4 is 0 Å². The van der Waals surface area contributed by atoms with Crippen molar-refractivity contribution in [2.45, 2.75) is 0 Å². The zero-order valence-electron chi connectivity index (χ0n) is 9.43. The maximum Gasteiger partial charge on any atom is 0.358 e. The highest BCUT2D eigenvalue weighted by Gasteiger charge is 2.12. The molecule has 0 saturated heterocycles. The van der Waals surface area contributed by atoms with Crippen LogP contribution in [0, 0.1) is 5.82 Å². The summed E-state index contributed by atoms with van der Waals surface area (Å²) in [5.74, 6) is -0.791. The fourth-order valence-electron chi connectivity index (χ4n) is 1.30. The van der Waals surface area contributed by atoms with Crippen molar-refractivity contribution >= 4 is 17.3 Å². The Balaban J connectivity index is 2.17.